The van der Waals surface area contributed by atoms with E-state index < -0.39 is 17.8 Å². The number of aryl methyl sites for hydroxylation is 3. The molecule has 3 rings (SSSR count). The van der Waals surface area contributed by atoms with Gasteiger partial charge in [0.1, 0.15) is 10.6 Å². The Morgan fingerprint density at radius 1 is 1.22 bits per heavy atom. The number of hydrogen-bond donors (Lipinski definition) is 1. The van der Waals surface area contributed by atoms with Crippen LogP contribution in [-0.2, 0) is 20.3 Å². The average Bonchev–Trinajstić information content (AvgIpc) is 3.05. The molecule has 0 aromatic carbocycles. The van der Waals surface area contributed by atoms with Gasteiger partial charge in [-0.1, -0.05) is 0 Å². The molecule has 0 bridgehead atoms. The molecule has 122 valence electrons. The first-order valence-electron chi connectivity index (χ1n) is 6.52. The summed E-state index contributed by atoms with van der Waals surface area (Å²) in [5.74, 6) is -0.0125. The lowest BCUT2D eigenvalue weighted by Crippen LogP contribution is -2.13. The van der Waals surface area contributed by atoms with Crippen LogP contribution < -0.4 is 5.32 Å². The second-order valence-electron chi connectivity index (χ2n) is 5.05. The Bertz CT molecular complexity index is 905. The van der Waals surface area contributed by atoms with Crippen molar-refractivity contribution in [3.8, 4) is 0 Å². The van der Waals surface area contributed by atoms with Gasteiger partial charge in [0.15, 0.2) is 5.69 Å². The van der Waals surface area contributed by atoms with Gasteiger partial charge >= 0.3 is 6.18 Å². The second kappa shape index (κ2) is 5.08. The van der Waals surface area contributed by atoms with Gasteiger partial charge < -0.3 is 5.32 Å². The zero-order valence-electron chi connectivity index (χ0n) is 12.4. The number of carbonyl (C=O) groups is 1. The summed E-state index contributed by atoms with van der Waals surface area (Å²) >= 11 is 0.960. The molecule has 0 atom stereocenters. The molecule has 0 radical (unpaired) electrons. The lowest BCUT2D eigenvalue weighted by molar-refractivity contribution is -0.140. The standard InChI is InChI=1S/C13H12F3N5OS/c1-6-4-9(20(2)18-6)17-11(22)8-5-7-10(13(14,15)16)19-21(3)12(7)23-8/h4-5H,1-3H3,(H,17,22). The number of amides is 1. The number of halogens is 3. The minimum atomic E-state index is -4.56. The zero-order chi connectivity index (χ0) is 16.9. The fourth-order valence-corrected chi connectivity index (χ4v) is 3.23. The lowest BCUT2D eigenvalue weighted by atomic mass is 10.2. The van der Waals surface area contributed by atoms with E-state index in [4.69, 9.17) is 0 Å². The van der Waals surface area contributed by atoms with Crippen molar-refractivity contribution in [2.75, 3.05) is 5.32 Å². The molecule has 3 heterocycles. The summed E-state index contributed by atoms with van der Waals surface area (Å²) in [4.78, 5) is 12.7. The Hall–Kier alpha value is -2.36. The number of hydrogen-bond acceptors (Lipinski definition) is 4. The zero-order valence-corrected chi connectivity index (χ0v) is 13.2. The van der Waals surface area contributed by atoms with Gasteiger partial charge in [0.05, 0.1) is 10.6 Å². The predicted octanol–water partition coefficient (Wildman–Crippen LogP) is 2.95. The van der Waals surface area contributed by atoms with E-state index in [9.17, 15) is 18.0 Å². The van der Waals surface area contributed by atoms with E-state index in [-0.39, 0.29) is 10.3 Å². The van der Waals surface area contributed by atoms with Crippen molar-refractivity contribution in [2.45, 2.75) is 13.1 Å². The van der Waals surface area contributed by atoms with Gasteiger partial charge in [0.25, 0.3) is 5.91 Å². The SMILES string of the molecule is Cc1cc(NC(=O)c2cc3c(C(F)(F)F)nn(C)c3s2)n(C)n1. The van der Waals surface area contributed by atoms with Crippen LogP contribution in [-0.4, -0.2) is 25.5 Å². The van der Waals surface area contributed by atoms with Crippen LogP contribution in [0.15, 0.2) is 12.1 Å². The van der Waals surface area contributed by atoms with Crippen LogP contribution in [0.5, 0.6) is 0 Å². The molecule has 3 aromatic heterocycles. The van der Waals surface area contributed by atoms with Crippen molar-refractivity contribution in [1.82, 2.24) is 19.6 Å². The number of carbonyl (C=O) groups excluding carboxylic acids is 1. The van der Waals surface area contributed by atoms with Crippen LogP contribution in [0.1, 0.15) is 21.1 Å². The molecule has 3 aromatic rings. The third-order valence-corrected chi connectivity index (χ3v) is 4.45. The quantitative estimate of drug-likeness (QED) is 0.778. The molecular weight excluding hydrogens is 331 g/mol. The Labute approximate surface area is 132 Å². The summed E-state index contributed by atoms with van der Waals surface area (Å²) in [5.41, 5.74) is -0.260. The highest BCUT2D eigenvalue weighted by Gasteiger charge is 2.37. The number of thiophene rings is 1. The molecule has 0 fully saturated rings. The first kappa shape index (κ1) is 15.5. The highest BCUT2D eigenvalue weighted by atomic mass is 32.1. The fraction of sp³-hybridized carbons (Fsp3) is 0.308. The monoisotopic (exact) mass is 343 g/mol. The molecular formula is C13H12F3N5OS. The molecule has 0 aliphatic rings. The maximum absolute atomic E-state index is 13.0. The Kier molecular flexibility index (Phi) is 3.43. The average molecular weight is 343 g/mol. The molecule has 23 heavy (non-hydrogen) atoms. The van der Waals surface area contributed by atoms with Crippen molar-refractivity contribution >= 4 is 33.3 Å². The summed E-state index contributed by atoms with van der Waals surface area (Å²) in [6.07, 6.45) is -4.56. The van der Waals surface area contributed by atoms with Crippen molar-refractivity contribution in [1.29, 1.82) is 0 Å². The molecule has 0 saturated heterocycles. The smallest absolute Gasteiger partial charge is 0.306 e. The maximum Gasteiger partial charge on any atom is 0.435 e. The molecule has 0 spiro atoms. The number of nitrogens with zero attached hydrogens (tertiary/aromatic N) is 4. The first-order valence-corrected chi connectivity index (χ1v) is 7.34. The van der Waals surface area contributed by atoms with Crippen molar-refractivity contribution < 1.29 is 18.0 Å². The van der Waals surface area contributed by atoms with E-state index in [2.05, 4.69) is 15.5 Å². The number of nitrogens with one attached hydrogen (secondary N) is 1. The fourth-order valence-electron chi connectivity index (χ4n) is 2.27. The number of fused-ring (bicyclic) bond motifs is 1. The van der Waals surface area contributed by atoms with Crippen molar-refractivity contribution in [3.63, 3.8) is 0 Å². The third kappa shape index (κ3) is 2.69. The number of aromatic nitrogens is 4. The van der Waals surface area contributed by atoms with Crippen molar-refractivity contribution in [2.24, 2.45) is 14.1 Å². The van der Waals surface area contributed by atoms with Gasteiger partial charge in [0.2, 0.25) is 0 Å². The van der Waals surface area contributed by atoms with Gasteiger partial charge in [-0.05, 0) is 13.0 Å². The van der Waals surface area contributed by atoms with Gasteiger partial charge in [-0.3, -0.25) is 14.2 Å². The molecule has 6 nitrogen and oxygen atoms in total. The Morgan fingerprint density at radius 3 is 2.48 bits per heavy atom. The molecule has 1 N–H and O–H groups in total. The van der Waals surface area contributed by atoms with Gasteiger partial charge in [-0.25, -0.2) is 0 Å². The Morgan fingerprint density at radius 2 is 1.91 bits per heavy atom. The number of anilines is 1. The van der Waals surface area contributed by atoms with E-state index >= 15 is 0 Å². The van der Waals surface area contributed by atoms with Crippen LogP contribution in [0.3, 0.4) is 0 Å². The van der Waals surface area contributed by atoms with E-state index in [0.29, 0.717) is 10.6 Å². The molecule has 0 aliphatic carbocycles. The van der Waals surface area contributed by atoms with Gasteiger partial charge in [0, 0.05) is 25.5 Å². The highest BCUT2D eigenvalue weighted by molar-refractivity contribution is 7.20. The third-order valence-electron chi connectivity index (χ3n) is 3.25. The van der Waals surface area contributed by atoms with Crippen LogP contribution in [0.2, 0.25) is 0 Å². The summed E-state index contributed by atoms with van der Waals surface area (Å²) in [5, 5.41) is 10.1. The van der Waals surface area contributed by atoms with E-state index in [0.717, 1.165) is 21.7 Å². The van der Waals surface area contributed by atoms with Gasteiger partial charge in [-0.2, -0.15) is 23.4 Å². The summed E-state index contributed by atoms with van der Waals surface area (Å²) in [7, 11) is 3.08. The summed E-state index contributed by atoms with van der Waals surface area (Å²) in [6.45, 7) is 1.77. The van der Waals surface area contributed by atoms with Gasteiger partial charge in [-0.15, -0.1) is 11.3 Å². The number of alkyl halides is 3. The van der Waals surface area contributed by atoms with E-state index in [1.54, 1.807) is 20.0 Å². The predicted molar refractivity (Wildman–Crippen MR) is 79.5 cm³/mol. The van der Waals surface area contributed by atoms with Crippen LogP contribution in [0, 0.1) is 6.92 Å². The van der Waals surface area contributed by atoms with Crippen LogP contribution in [0.4, 0.5) is 19.0 Å². The van der Waals surface area contributed by atoms with E-state index in [1.165, 1.54) is 17.8 Å². The summed E-state index contributed by atoms with van der Waals surface area (Å²) < 4.78 is 41.5. The molecule has 0 aliphatic heterocycles. The van der Waals surface area contributed by atoms with Crippen molar-refractivity contribution in [3.05, 3.63) is 28.4 Å². The topological polar surface area (TPSA) is 64.7 Å². The Balaban J connectivity index is 1.97. The largest absolute Gasteiger partial charge is 0.435 e. The minimum absolute atomic E-state index is 0.0728. The van der Waals surface area contributed by atoms with Crippen LogP contribution >= 0.6 is 11.3 Å². The second-order valence-corrected chi connectivity index (χ2v) is 6.08. The minimum Gasteiger partial charge on any atom is -0.306 e. The maximum atomic E-state index is 13.0. The molecule has 1 amide bonds. The molecule has 0 unspecified atom stereocenters. The van der Waals surface area contributed by atoms with E-state index in [1.807, 2.05) is 0 Å². The number of rotatable bonds is 2. The normalized spacial score (nSPS) is 12.1. The molecule has 0 saturated carbocycles. The summed E-state index contributed by atoms with van der Waals surface area (Å²) in [6, 6.07) is 2.89. The molecule has 10 heteroatoms. The first-order chi connectivity index (χ1) is 10.7. The lowest BCUT2D eigenvalue weighted by Gasteiger charge is -2.03. The van der Waals surface area contributed by atoms with Crippen LogP contribution in [0.25, 0.3) is 10.2 Å². The highest BCUT2D eigenvalue weighted by Crippen LogP contribution is 2.37.